The van der Waals surface area contributed by atoms with Crippen LogP contribution < -0.4 is 0 Å². The number of hydrogen-bond acceptors (Lipinski definition) is 0. The zero-order valence-corrected chi connectivity index (χ0v) is 10.2. The van der Waals surface area contributed by atoms with Crippen LogP contribution in [0.1, 0.15) is 48.5 Å². The largest absolute Gasteiger partial charge is 0.107 e. The molecule has 0 bridgehead atoms. The lowest BCUT2D eigenvalue weighted by molar-refractivity contribution is 1.36. The highest BCUT2D eigenvalue weighted by molar-refractivity contribution is 4.89. The Morgan fingerprint density at radius 3 is 1.08 bits per heavy atom. The summed E-state index contributed by atoms with van der Waals surface area (Å²) < 4.78 is 0. The van der Waals surface area contributed by atoms with Crippen molar-refractivity contribution in [2.24, 2.45) is 0 Å². The summed E-state index contributed by atoms with van der Waals surface area (Å²) in [6.45, 7) is 13.8. The molecule has 0 radical (unpaired) electrons. The molecular formula is C13H24. The predicted molar refractivity (Wildman–Crippen MR) is 64.7 cm³/mol. The van der Waals surface area contributed by atoms with Gasteiger partial charge in [0.15, 0.2) is 0 Å². The van der Waals surface area contributed by atoms with Crippen molar-refractivity contribution in [2.45, 2.75) is 48.5 Å². The smallest absolute Gasteiger partial charge is 0.00271 e. The molecular weight excluding hydrogens is 156 g/mol. The van der Waals surface area contributed by atoms with Gasteiger partial charge in [-0.25, -0.2) is 0 Å². The second-order valence-electron chi connectivity index (χ2n) is 2.53. The highest BCUT2D eigenvalue weighted by atomic mass is 13.7. The summed E-state index contributed by atoms with van der Waals surface area (Å²) >= 11 is 0. The highest BCUT2D eigenvalue weighted by Gasteiger charge is 1.60. The van der Waals surface area contributed by atoms with Crippen LogP contribution in [0.2, 0.25) is 0 Å². The molecule has 0 aromatic heterocycles. The maximum atomic E-state index is 2.68. The predicted octanol–water partition coefficient (Wildman–Crippen LogP) is 4.58. The van der Waals surface area contributed by atoms with E-state index in [9.17, 15) is 0 Å². The maximum Gasteiger partial charge on any atom is -0.00271 e. The van der Waals surface area contributed by atoms with Crippen LogP contribution in [0.15, 0.2) is 23.8 Å². The molecule has 0 saturated heterocycles. The van der Waals surface area contributed by atoms with E-state index in [0.29, 0.717) is 0 Å². The summed E-state index contributed by atoms with van der Waals surface area (Å²) in [6.07, 6.45) is 6.08. The van der Waals surface area contributed by atoms with Crippen LogP contribution in [0.25, 0.3) is 0 Å². The van der Waals surface area contributed by atoms with Crippen LogP contribution in [0.4, 0.5) is 0 Å². The lowest BCUT2D eigenvalue weighted by Gasteiger charge is -1.74. The molecule has 0 N–H and O–H groups in total. The van der Waals surface area contributed by atoms with Crippen molar-refractivity contribution in [1.82, 2.24) is 0 Å². The first kappa shape index (κ1) is 18.0. The molecule has 0 heteroatoms. The van der Waals surface area contributed by atoms with Crippen LogP contribution in [0, 0.1) is 11.8 Å². The first-order chi connectivity index (χ1) is 6.10. The standard InChI is InChI=1S/C5H10.C4H8.C4H6/c1-4-5(2)3;2*1-3-4-2/h4H,1-3H3;3-4H,1-2H3;1-2H3/b;4-3+;. The summed E-state index contributed by atoms with van der Waals surface area (Å²) in [5, 5.41) is 0. The maximum absolute atomic E-state index is 2.68. The molecule has 0 aliphatic heterocycles. The molecule has 0 unspecified atom stereocenters. The Bertz CT molecular complexity index is 158. The fourth-order valence-corrected chi connectivity index (χ4v) is 0. The fourth-order valence-electron chi connectivity index (χ4n) is 0. The first-order valence-electron chi connectivity index (χ1n) is 4.60. The van der Waals surface area contributed by atoms with Crippen molar-refractivity contribution < 1.29 is 0 Å². The number of allylic oxidation sites excluding steroid dienone is 4. The quantitative estimate of drug-likeness (QED) is 0.378. The van der Waals surface area contributed by atoms with Crippen molar-refractivity contribution in [3.63, 3.8) is 0 Å². The molecule has 0 aromatic rings. The monoisotopic (exact) mass is 180 g/mol. The zero-order valence-electron chi connectivity index (χ0n) is 10.2. The molecule has 76 valence electrons. The van der Waals surface area contributed by atoms with E-state index in [-0.39, 0.29) is 0 Å². The highest BCUT2D eigenvalue weighted by Crippen LogP contribution is 1.82. The summed E-state index contributed by atoms with van der Waals surface area (Å²) in [5.41, 5.74) is 1.38. The minimum atomic E-state index is 1.38. The normalized spacial score (nSPS) is 6.69. The van der Waals surface area contributed by atoms with Gasteiger partial charge in [0.05, 0.1) is 0 Å². The van der Waals surface area contributed by atoms with Crippen LogP contribution >= 0.6 is 0 Å². The first-order valence-corrected chi connectivity index (χ1v) is 4.60. The molecule has 0 nitrogen and oxygen atoms in total. The third-order valence-corrected chi connectivity index (χ3v) is 1.16. The summed E-state index contributed by atoms with van der Waals surface area (Å²) in [5.74, 6) is 5.36. The summed E-state index contributed by atoms with van der Waals surface area (Å²) in [4.78, 5) is 0. The van der Waals surface area contributed by atoms with Gasteiger partial charge in [-0.1, -0.05) is 23.8 Å². The Balaban J connectivity index is -0.000000117. The zero-order chi connectivity index (χ0) is 11.1. The SMILES string of the molecule is C/C=C/C.CC#CC.CC=C(C)C. The number of hydrogen-bond donors (Lipinski definition) is 0. The van der Waals surface area contributed by atoms with E-state index < -0.39 is 0 Å². The molecule has 0 spiro atoms. The molecule has 0 aliphatic carbocycles. The second-order valence-corrected chi connectivity index (χ2v) is 2.53. The molecule has 0 saturated carbocycles. The Labute approximate surface area is 84.8 Å². The average Bonchev–Trinajstić information content (AvgIpc) is 2.18. The van der Waals surface area contributed by atoms with E-state index in [2.05, 4.69) is 31.8 Å². The minimum absolute atomic E-state index is 1.38. The summed E-state index contributed by atoms with van der Waals surface area (Å²) in [7, 11) is 0. The van der Waals surface area contributed by atoms with Gasteiger partial charge in [-0.05, 0) is 48.5 Å². The van der Waals surface area contributed by atoms with Gasteiger partial charge in [-0.2, -0.15) is 0 Å². The van der Waals surface area contributed by atoms with Crippen LogP contribution in [0.3, 0.4) is 0 Å². The van der Waals surface area contributed by atoms with Gasteiger partial charge in [0.2, 0.25) is 0 Å². The van der Waals surface area contributed by atoms with Crippen LogP contribution in [0.5, 0.6) is 0 Å². The minimum Gasteiger partial charge on any atom is -0.107 e. The Kier molecular flexibility index (Phi) is 31.0. The number of rotatable bonds is 0. The Morgan fingerprint density at radius 2 is 1.08 bits per heavy atom. The van der Waals surface area contributed by atoms with Crippen molar-refractivity contribution in [1.29, 1.82) is 0 Å². The van der Waals surface area contributed by atoms with Crippen molar-refractivity contribution in [3.05, 3.63) is 23.8 Å². The molecule has 0 aromatic carbocycles. The van der Waals surface area contributed by atoms with Crippen LogP contribution in [-0.4, -0.2) is 0 Å². The van der Waals surface area contributed by atoms with Crippen LogP contribution in [-0.2, 0) is 0 Å². The average molecular weight is 180 g/mol. The van der Waals surface area contributed by atoms with Crippen molar-refractivity contribution in [2.75, 3.05) is 0 Å². The van der Waals surface area contributed by atoms with Gasteiger partial charge in [-0.15, -0.1) is 11.8 Å². The van der Waals surface area contributed by atoms with E-state index in [0.717, 1.165) is 0 Å². The molecule has 0 fully saturated rings. The van der Waals surface area contributed by atoms with Gasteiger partial charge in [0.25, 0.3) is 0 Å². The van der Waals surface area contributed by atoms with E-state index in [1.54, 1.807) is 0 Å². The second kappa shape index (κ2) is 22.5. The van der Waals surface area contributed by atoms with E-state index >= 15 is 0 Å². The molecule has 0 aliphatic rings. The Morgan fingerprint density at radius 1 is 0.846 bits per heavy atom. The molecule has 13 heavy (non-hydrogen) atoms. The van der Waals surface area contributed by atoms with E-state index in [4.69, 9.17) is 0 Å². The molecule has 0 heterocycles. The van der Waals surface area contributed by atoms with E-state index in [1.807, 2.05) is 46.8 Å². The van der Waals surface area contributed by atoms with Gasteiger partial charge in [-0.3, -0.25) is 0 Å². The molecule has 0 rings (SSSR count). The fraction of sp³-hybridized carbons (Fsp3) is 0.538. The lowest BCUT2D eigenvalue weighted by atomic mass is 10.3. The van der Waals surface area contributed by atoms with E-state index in [1.165, 1.54) is 5.57 Å². The molecule has 0 atom stereocenters. The van der Waals surface area contributed by atoms with Crippen molar-refractivity contribution >= 4 is 0 Å². The summed E-state index contributed by atoms with van der Waals surface area (Å²) in [6, 6.07) is 0. The lowest BCUT2D eigenvalue weighted by Crippen LogP contribution is -1.52. The Hall–Kier alpha value is -0.960. The topological polar surface area (TPSA) is 0 Å². The van der Waals surface area contributed by atoms with Gasteiger partial charge < -0.3 is 0 Å². The third-order valence-electron chi connectivity index (χ3n) is 1.16. The third kappa shape index (κ3) is 97.6. The van der Waals surface area contributed by atoms with Gasteiger partial charge in [0, 0.05) is 0 Å². The van der Waals surface area contributed by atoms with Gasteiger partial charge >= 0.3 is 0 Å². The van der Waals surface area contributed by atoms with Gasteiger partial charge in [0.1, 0.15) is 0 Å². The van der Waals surface area contributed by atoms with Crippen molar-refractivity contribution in [3.8, 4) is 11.8 Å². The molecule has 0 amide bonds.